The molecule has 2 heterocycles. The average Bonchev–Trinajstić information content (AvgIpc) is 2.77. The molecule has 0 fully saturated rings. The molecule has 0 bridgehead atoms. The number of anilines is 2. The summed E-state index contributed by atoms with van der Waals surface area (Å²) in [6.07, 6.45) is -0.186. The van der Waals surface area contributed by atoms with Crippen molar-refractivity contribution in [3.63, 3.8) is 0 Å². The first-order chi connectivity index (χ1) is 13.9. The van der Waals surface area contributed by atoms with Crippen LogP contribution in [0, 0.1) is 0 Å². The molecule has 0 radical (unpaired) electrons. The lowest BCUT2D eigenvalue weighted by Crippen LogP contribution is -2.38. The zero-order valence-corrected chi connectivity index (χ0v) is 16.6. The van der Waals surface area contributed by atoms with Gasteiger partial charge in [-0.05, 0) is 31.2 Å². The molecule has 0 saturated carbocycles. The van der Waals surface area contributed by atoms with E-state index in [1.165, 1.54) is 17.9 Å². The van der Waals surface area contributed by atoms with E-state index in [0.29, 0.717) is 30.4 Å². The van der Waals surface area contributed by atoms with Gasteiger partial charge in [-0.15, -0.1) is 0 Å². The maximum Gasteiger partial charge on any atom is 0.244 e. The molecule has 8 nitrogen and oxygen atoms in total. The standard InChI is InChI=1S/C20H20N2O6S/c1-13-10-20(24)22(15-4-2-3-5-18(15)29(13,25)26)12-19(23)21-14-6-7-16-17(11-14)28-9-8-27-16/h2-7,11,13H,8-10,12H2,1H3,(H,21,23). The molecule has 2 aliphatic rings. The summed E-state index contributed by atoms with van der Waals surface area (Å²) in [5, 5.41) is 1.87. The highest BCUT2D eigenvalue weighted by Gasteiger charge is 2.36. The number of rotatable bonds is 3. The number of fused-ring (bicyclic) bond motifs is 2. The smallest absolute Gasteiger partial charge is 0.244 e. The van der Waals surface area contributed by atoms with Crippen LogP contribution in [0.4, 0.5) is 11.4 Å². The van der Waals surface area contributed by atoms with Crippen LogP contribution in [-0.2, 0) is 19.4 Å². The molecule has 0 aliphatic carbocycles. The Morgan fingerprint density at radius 3 is 2.66 bits per heavy atom. The number of para-hydroxylation sites is 1. The second kappa shape index (κ2) is 7.40. The molecular weight excluding hydrogens is 396 g/mol. The minimum Gasteiger partial charge on any atom is -0.486 e. The summed E-state index contributed by atoms with van der Waals surface area (Å²) in [7, 11) is -3.65. The van der Waals surface area contributed by atoms with Gasteiger partial charge in [0.25, 0.3) is 0 Å². The van der Waals surface area contributed by atoms with Gasteiger partial charge in [0.2, 0.25) is 11.8 Å². The van der Waals surface area contributed by atoms with Crippen molar-refractivity contribution in [3.8, 4) is 11.5 Å². The molecule has 29 heavy (non-hydrogen) atoms. The first kappa shape index (κ1) is 19.3. The van der Waals surface area contributed by atoms with Gasteiger partial charge in [-0.3, -0.25) is 9.59 Å². The monoisotopic (exact) mass is 416 g/mol. The van der Waals surface area contributed by atoms with E-state index < -0.39 is 26.9 Å². The van der Waals surface area contributed by atoms with Gasteiger partial charge in [-0.2, -0.15) is 0 Å². The van der Waals surface area contributed by atoms with Crippen LogP contribution in [0.3, 0.4) is 0 Å². The van der Waals surface area contributed by atoms with Crippen LogP contribution >= 0.6 is 0 Å². The number of sulfone groups is 1. The fourth-order valence-corrected chi connectivity index (χ4v) is 4.91. The van der Waals surface area contributed by atoms with Crippen molar-refractivity contribution >= 4 is 33.0 Å². The van der Waals surface area contributed by atoms with Gasteiger partial charge in [0.05, 0.1) is 15.8 Å². The van der Waals surface area contributed by atoms with Crippen LogP contribution in [0.5, 0.6) is 11.5 Å². The Morgan fingerprint density at radius 2 is 1.86 bits per heavy atom. The minimum atomic E-state index is -3.65. The Balaban J connectivity index is 1.58. The largest absolute Gasteiger partial charge is 0.486 e. The molecule has 2 aliphatic heterocycles. The number of benzene rings is 2. The van der Waals surface area contributed by atoms with E-state index >= 15 is 0 Å². The van der Waals surface area contributed by atoms with E-state index in [-0.39, 0.29) is 23.5 Å². The number of carbonyl (C=O) groups is 2. The molecule has 2 aromatic carbocycles. The second-order valence-corrected chi connectivity index (χ2v) is 9.25. The van der Waals surface area contributed by atoms with Crippen molar-refractivity contribution < 1.29 is 27.5 Å². The molecule has 0 spiro atoms. The molecule has 0 aromatic heterocycles. The molecule has 2 aromatic rings. The molecule has 2 amide bonds. The van der Waals surface area contributed by atoms with Crippen LogP contribution in [0.15, 0.2) is 47.4 Å². The van der Waals surface area contributed by atoms with E-state index in [0.717, 1.165) is 0 Å². The van der Waals surface area contributed by atoms with E-state index in [2.05, 4.69) is 5.32 Å². The highest BCUT2D eigenvalue weighted by molar-refractivity contribution is 7.92. The van der Waals surface area contributed by atoms with Crippen LogP contribution in [0.1, 0.15) is 13.3 Å². The summed E-state index contributed by atoms with van der Waals surface area (Å²) in [5.41, 5.74) is 0.718. The number of nitrogens with zero attached hydrogens (tertiary/aromatic N) is 1. The molecule has 9 heteroatoms. The number of carbonyl (C=O) groups excluding carboxylic acids is 2. The van der Waals surface area contributed by atoms with Crippen molar-refractivity contribution in [2.75, 3.05) is 30.0 Å². The quantitative estimate of drug-likeness (QED) is 0.821. The van der Waals surface area contributed by atoms with Crippen molar-refractivity contribution in [2.45, 2.75) is 23.5 Å². The molecule has 1 N–H and O–H groups in total. The van der Waals surface area contributed by atoms with Gasteiger partial charge in [-0.25, -0.2) is 8.42 Å². The first-order valence-corrected chi connectivity index (χ1v) is 10.7. The molecule has 4 rings (SSSR count). The fourth-order valence-electron chi connectivity index (χ4n) is 3.38. The Hall–Kier alpha value is -3.07. The van der Waals surface area contributed by atoms with Gasteiger partial charge in [0, 0.05) is 18.2 Å². The van der Waals surface area contributed by atoms with Gasteiger partial charge in [0.15, 0.2) is 21.3 Å². The Morgan fingerprint density at radius 1 is 1.14 bits per heavy atom. The van der Waals surface area contributed by atoms with E-state index in [9.17, 15) is 18.0 Å². The second-order valence-electron chi connectivity index (χ2n) is 6.91. The lowest BCUT2D eigenvalue weighted by atomic mass is 10.2. The van der Waals surface area contributed by atoms with Crippen molar-refractivity contribution in [1.29, 1.82) is 0 Å². The maximum absolute atomic E-state index is 12.7. The third-order valence-electron chi connectivity index (χ3n) is 4.88. The highest BCUT2D eigenvalue weighted by Crippen LogP contribution is 2.34. The Labute approximate surface area is 168 Å². The topological polar surface area (TPSA) is 102 Å². The molecule has 1 unspecified atom stereocenters. The molecule has 0 saturated heterocycles. The number of ether oxygens (including phenoxy) is 2. The predicted molar refractivity (Wildman–Crippen MR) is 106 cm³/mol. The van der Waals surface area contributed by atoms with Crippen LogP contribution in [0.25, 0.3) is 0 Å². The number of hydrogen-bond donors (Lipinski definition) is 1. The number of amides is 2. The maximum atomic E-state index is 12.7. The predicted octanol–water partition coefficient (Wildman–Crippen LogP) is 2.00. The van der Waals surface area contributed by atoms with Crippen molar-refractivity contribution in [2.24, 2.45) is 0 Å². The summed E-state index contributed by atoms with van der Waals surface area (Å²) in [4.78, 5) is 26.6. The third-order valence-corrected chi connectivity index (χ3v) is 7.07. The number of nitrogens with one attached hydrogen (secondary N) is 1. The first-order valence-electron chi connectivity index (χ1n) is 9.19. The molecule has 1 atom stereocenters. The zero-order valence-electron chi connectivity index (χ0n) is 15.8. The summed E-state index contributed by atoms with van der Waals surface area (Å²) >= 11 is 0. The van der Waals surface area contributed by atoms with Gasteiger partial charge < -0.3 is 19.7 Å². The summed E-state index contributed by atoms with van der Waals surface area (Å²) in [5.74, 6) is 0.273. The van der Waals surface area contributed by atoms with E-state index in [1.54, 1.807) is 36.4 Å². The van der Waals surface area contributed by atoms with Crippen LogP contribution in [-0.4, -0.2) is 45.2 Å². The summed E-state index contributed by atoms with van der Waals surface area (Å²) in [6, 6.07) is 11.3. The zero-order chi connectivity index (χ0) is 20.6. The average molecular weight is 416 g/mol. The lowest BCUT2D eigenvalue weighted by molar-refractivity contribution is -0.121. The molecular formula is C20H20N2O6S. The van der Waals surface area contributed by atoms with E-state index in [4.69, 9.17) is 9.47 Å². The fraction of sp³-hybridized carbons (Fsp3) is 0.300. The van der Waals surface area contributed by atoms with E-state index in [1.807, 2.05) is 0 Å². The van der Waals surface area contributed by atoms with Crippen LogP contribution in [0.2, 0.25) is 0 Å². The third kappa shape index (κ3) is 3.65. The SMILES string of the molecule is CC1CC(=O)N(CC(=O)Nc2ccc3c(c2)OCCO3)c2ccccc2S1(=O)=O. The summed E-state index contributed by atoms with van der Waals surface area (Å²) in [6.45, 7) is 2.10. The summed E-state index contributed by atoms with van der Waals surface area (Å²) < 4.78 is 36.4. The van der Waals surface area contributed by atoms with Gasteiger partial charge >= 0.3 is 0 Å². The highest BCUT2D eigenvalue weighted by atomic mass is 32.2. The normalized spacial score (nSPS) is 19.8. The number of hydrogen-bond acceptors (Lipinski definition) is 6. The lowest BCUT2D eigenvalue weighted by Gasteiger charge is -2.22. The minimum absolute atomic E-state index is 0.0606. The van der Waals surface area contributed by atoms with Gasteiger partial charge in [0.1, 0.15) is 19.8 Å². The Bertz CT molecular complexity index is 1080. The molecule has 152 valence electrons. The van der Waals surface area contributed by atoms with Gasteiger partial charge in [-0.1, -0.05) is 12.1 Å². The van der Waals surface area contributed by atoms with Crippen LogP contribution < -0.4 is 19.7 Å². The Kier molecular flexibility index (Phi) is 4.91. The van der Waals surface area contributed by atoms with Crippen molar-refractivity contribution in [3.05, 3.63) is 42.5 Å². The van der Waals surface area contributed by atoms with Crippen molar-refractivity contribution in [1.82, 2.24) is 0 Å².